The predicted octanol–water partition coefficient (Wildman–Crippen LogP) is 1.02. The molecule has 0 spiro atoms. The fourth-order valence-electron chi connectivity index (χ4n) is 1.38. The predicted molar refractivity (Wildman–Crippen MR) is 70.3 cm³/mol. The molecule has 0 radical (unpaired) electrons. The van der Waals surface area contributed by atoms with Crippen molar-refractivity contribution in [1.29, 1.82) is 0 Å². The molecule has 0 saturated carbocycles. The molecular formula is C14H15NO4. The van der Waals surface area contributed by atoms with E-state index in [4.69, 9.17) is 15.9 Å². The van der Waals surface area contributed by atoms with Crippen molar-refractivity contribution in [1.82, 2.24) is 5.32 Å². The van der Waals surface area contributed by atoms with Crippen LogP contribution in [0.3, 0.4) is 0 Å². The number of aldehydes is 1. The summed E-state index contributed by atoms with van der Waals surface area (Å²) in [5.41, 5.74) is 0.466. The molecule has 1 aromatic rings. The lowest BCUT2D eigenvalue weighted by molar-refractivity contribution is -0.127. The minimum atomic E-state index is -0.718. The zero-order valence-corrected chi connectivity index (χ0v) is 10.8. The Balaban J connectivity index is 2.79. The molecule has 1 N–H and O–H groups in total. The number of hydrogen-bond donors (Lipinski definition) is 1. The standard InChI is InChI=1S/C14H15NO4/c1-4-7-15-14(17)10(2)19-12-6-5-11(9-16)8-13(12)18-3/h1,5-6,8-10H,7H2,2-3H3,(H,15,17). The lowest BCUT2D eigenvalue weighted by Gasteiger charge is -2.16. The van der Waals surface area contributed by atoms with Gasteiger partial charge in [0.05, 0.1) is 13.7 Å². The number of rotatable bonds is 6. The van der Waals surface area contributed by atoms with Crippen LogP contribution in [0.15, 0.2) is 18.2 Å². The second-order valence-electron chi connectivity index (χ2n) is 3.71. The molecular weight excluding hydrogens is 246 g/mol. The highest BCUT2D eigenvalue weighted by atomic mass is 16.5. The third kappa shape index (κ3) is 4.03. The van der Waals surface area contributed by atoms with Crippen molar-refractivity contribution in [3.05, 3.63) is 23.8 Å². The molecule has 1 atom stereocenters. The highest BCUT2D eigenvalue weighted by molar-refractivity contribution is 5.81. The normalized spacial score (nSPS) is 11.0. The van der Waals surface area contributed by atoms with Crippen LogP contribution in [0.25, 0.3) is 0 Å². The summed E-state index contributed by atoms with van der Waals surface area (Å²) in [6.45, 7) is 1.74. The van der Waals surface area contributed by atoms with Gasteiger partial charge in [-0.25, -0.2) is 0 Å². The fourth-order valence-corrected chi connectivity index (χ4v) is 1.38. The van der Waals surface area contributed by atoms with Crippen molar-refractivity contribution in [2.45, 2.75) is 13.0 Å². The Morgan fingerprint density at radius 2 is 2.26 bits per heavy atom. The summed E-state index contributed by atoms with van der Waals surface area (Å²) in [4.78, 5) is 22.3. The molecule has 0 aromatic heterocycles. The monoisotopic (exact) mass is 261 g/mol. The van der Waals surface area contributed by atoms with E-state index < -0.39 is 6.10 Å². The van der Waals surface area contributed by atoms with Gasteiger partial charge in [0.25, 0.3) is 5.91 Å². The third-order valence-electron chi connectivity index (χ3n) is 2.36. The summed E-state index contributed by atoms with van der Waals surface area (Å²) >= 11 is 0. The van der Waals surface area contributed by atoms with Gasteiger partial charge < -0.3 is 14.8 Å². The van der Waals surface area contributed by atoms with Crippen LogP contribution in [0, 0.1) is 12.3 Å². The molecule has 0 aliphatic heterocycles. The van der Waals surface area contributed by atoms with Gasteiger partial charge >= 0.3 is 0 Å². The molecule has 0 bridgehead atoms. The number of ether oxygens (including phenoxy) is 2. The van der Waals surface area contributed by atoms with Crippen LogP contribution < -0.4 is 14.8 Å². The maximum atomic E-state index is 11.6. The molecule has 0 fully saturated rings. The second-order valence-corrected chi connectivity index (χ2v) is 3.71. The molecule has 5 nitrogen and oxygen atoms in total. The van der Waals surface area contributed by atoms with Crippen molar-refractivity contribution < 1.29 is 19.1 Å². The SMILES string of the molecule is C#CCNC(=O)C(C)Oc1ccc(C=O)cc1OC. The van der Waals surface area contributed by atoms with E-state index in [0.717, 1.165) is 0 Å². The highest BCUT2D eigenvalue weighted by Gasteiger charge is 2.16. The highest BCUT2D eigenvalue weighted by Crippen LogP contribution is 2.28. The zero-order valence-electron chi connectivity index (χ0n) is 10.8. The van der Waals surface area contributed by atoms with Crippen LogP contribution in [0.1, 0.15) is 17.3 Å². The van der Waals surface area contributed by atoms with E-state index in [9.17, 15) is 9.59 Å². The Morgan fingerprint density at radius 1 is 1.53 bits per heavy atom. The number of benzene rings is 1. The summed E-state index contributed by atoms with van der Waals surface area (Å²) in [5.74, 6) is 2.76. The molecule has 100 valence electrons. The second kappa shape index (κ2) is 7.07. The molecule has 1 unspecified atom stereocenters. The Morgan fingerprint density at radius 3 is 2.84 bits per heavy atom. The molecule has 0 heterocycles. The first-order valence-corrected chi connectivity index (χ1v) is 5.63. The molecule has 1 rings (SSSR count). The Labute approximate surface area is 111 Å². The number of terminal acetylenes is 1. The zero-order chi connectivity index (χ0) is 14.3. The van der Waals surface area contributed by atoms with Crippen LogP contribution >= 0.6 is 0 Å². The Hall–Kier alpha value is -2.48. The van der Waals surface area contributed by atoms with Crippen LogP contribution in [-0.4, -0.2) is 32.0 Å². The van der Waals surface area contributed by atoms with Crippen molar-refractivity contribution in [2.75, 3.05) is 13.7 Å². The van der Waals surface area contributed by atoms with E-state index in [0.29, 0.717) is 23.3 Å². The number of carbonyl (C=O) groups is 2. The first-order valence-electron chi connectivity index (χ1n) is 5.63. The number of nitrogens with one attached hydrogen (secondary N) is 1. The van der Waals surface area contributed by atoms with Crippen LogP contribution in [0.5, 0.6) is 11.5 Å². The van der Waals surface area contributed by atoms with Crippen molar-refractivity contribution >= 4 is 12.2 Å². The van der Waals surface area contributed by atoms with Crippen molar-refractivity contribution in [2.24, 2.45) is 0 Å². The van der Waals surface area contributed by atoms with Gasteiger partial charge in [-0.2, -0.15) is 0 Å². The maximum Gasteiger partial charge on any atom is 0.261 e. The maximum absolute atomic E-state index is 11.6. The molecule has 0 aliphatic rings. The van der Waals surface area contributed by atoms with Gasteiger partial charge in [-0.3, -0.25) is 9.59 Å². The third-order valence-corrected chi connectivity index (χ3v) is 2.36. The lowest BCUT2D eigenvalue weighted by Crippen LogP contribution is -2.36. The average molecular weight is 261 g/mol. The lowest BCUT2D eigenvalue weighted by atomic mass is 10.2. The molecule has 0 aliphatic carbocycles. The van der Waals surface area contributed by atoms with E-state index >= 15 is 0 Å². The summed E-state index contributed by atoms with van der Waals surface area (Å²) in [5, 5.41) is 2.52. The number of methoxy groups -OCH3 is 1. The number of carbonyl (C=O) groups excluding carboxylic acids is 2. The van der Waals surface area contributed by atoms with Gasteiger partial charge in [-0.15, -0.1) is 6.42 Å². The van der Waals surface area contributed by atoms with E-state index in [-0.39, 0.29) is 12.5 Å². The molecule has 0 saturated heterocycles. The van der Waals surface area contributed by atoms with Gasteiger partial charge in [0.2, 0.25) is 0 Å². The van der Waals surface area contributed by atoms with Gasteiger partial charge in [0.15, 0.2) is 17.6 Å². The number of hydrogen-bond acceptors (Lipinski definition) is 4. The minimum absolute atomic E-state index is 0.147. The fraction of sp³-hybridized carbons (Fsp3) is 0.286. The quantitative estimate of drug-likeness (QED) is 0.613. The smallest absolute Gasteiger partial charge is 0.261 e. The molecule has 5 heteroatoms. The number of amides is 1. The van der Waals surface area contributed by atoms with E-state index in [1.165, 1.54) is 13.2 Å². The van der Waals surface area contributed by atoms with Crippen LogP contribution in [0.2, 0.25) is 0 Å². The van der Waals surface area contributed by atoms with Gasteiger partial charge in [0.1, 0.15) is 6.29 Å². The van der Waals surface area contributed by atoms with Crippen LogP contribution in [-0.2, 0) is 4.79 Å². The average Bonchev–Trinajstić information content (AvgIpc) is 2.44. The van der Waals surface area contributed by atoms with Crippen LogP contribution in [0.4, 0.5) is 0 Å². The largest absolute Gasteiger partial charge is 0.493 e. The minimum Gasteiger partial charge on any atom is -0.493 e. The van der Waals surface area contributed by atoms with Gasteiger partial charge in [0, 0.05) is 5.56 Å². The summed E-state index contributed by atoms with van der Waals surface area (Å²) < 4.78 is 10.6. The van der Waals surface area contributed by atoms with E-state index in [2.05, 4.69) is 11.2 Å². The van der Waals surface area contributed by atoms with E-state index in [1.807, 2.05) is 0 Å². The molecule has 19 heavy (non-hydrogen) atoms. The molecule has 1 amide bonds. The summed E-state index contributed by atoms with van der Waals surface area (Å²) in [7, 11) is 1.46. The Kier molecular flexibility index (Phi) is 5.42. The molecule has 1 aromatic carbocycles. The Bertz CT molecular complexity index is 505. The van der Waals surface area contributed by atoms with E-state index in [1.54, 1.807) is 19.1 Å². The van der Waals surface area contributed by atoms with Crippen molar-refractivity contribution in [3.63, 3.8) is 0 Å². The summed E-state index contributed by atoms with van der Waals surface area (Å²) in [6.07, 6.45) is 5.03. The summed E-state index contributed by atoms with van der Waals surface area (Å²) in [6, 6.07) is 4.69. The first kappa shape index (κ1) is 14.6. The topological polar surface area (TPSA) is 64.6 Å². The first-order chi connectivity index (χ1) is 9.12. The van der Waals surface area contributed by atoms with Crippen molar-refractivity contribution in [3.8, 4) is 23.8 Å². The van der Waals surface area contributed by atoms with Gasteiger partial charge in [-0.1, -0.05) is 5.92 Å². The van der Waals surface area contributed by atoms with Gasteiger partial charge in [-0.05, 0) is 25.1 Å².